The number of rotatable bonds is 8. The zero-order valence-electron chi connectivity index (χ0n) is 16.9. The Morgan fingerprint density at radius 1 is 1.25 bits per heavy atom. The van der Waals surface area contributed by atoms with Gasteiger partial charge in [-0.25, -0.2) is 0 Å². The molecule has 1 atom stereocenters. The number of hydrogen-bond acceptors (Lipinski definition) is 4. The van der Waals surface area contributed by atoms with Crippen LogP contribution < -0.4 is 4.74 Å². The summed E-state index contributed by atoms with van der Waals surface area (Å²) < 4.78 is 5.73. The molecule has 0 radical (unpaired) electrons. The minimum absolute atomic E-state index is 0.0348. The normalized spacial score (nSPS) is 15.8. The third-order valence-corrected chi connectivity index (χ3v) is 5.41. The molecule has 0 bridgehead atoms. The van der Waals surface area contributed by atoms with Gasteiger partial charge in [-0.1, -0.05) is 32.0 Å². The van der Waals surface area contributed by atoms with Gasteiger partial charge in [0.15, 0.2) is 6.61 Å². The van der Waals surface area contributed by atoms with E-state index in [1.54, 1.807) is 11.9 Å². The van der Waals surface area contributed by atoms with Crippen molar-refractivity contribution in [2.45, 2.75) is 39.0 Å². The standard InChI is InChI=1S/C21H30N2O5/c1-4-15(2)17-7-5-6-8-18(17)28-14-20(25)22(3)13-19(24)23-11-9-16(10-12-23)21(26)27/h5-8,15-16H,4,9-14H2,1-3H3,(H,26,27). The maximum atomic E-state index is 12.4. The summed E-state index contributed by atoms with van der Waals surface area (Å²) in [5.41, 5.74) is 1.07. The van der Waals surface area contributed by atoms with Gasteiger partial charge < -0.3 is 19.6 Å². The highest BCUT2D eigenvalue weighted by Crippen LogP contribution is 2.28. The van der Waals surface area contributed by atoms with Crippen LogP contribution in [0.3, 0.4) is 0 Å². The van der Waals surface area contributed by atoms with E-state index in [0.29, 0.717) is 37.6 Å². The molecule has 1 unspecified atom stereocenters. The van der Waals surface area contributed by atoms with Crippen molar-refractivity contribution in [2.75, 3.05) is 33.3 Å². The van der Waals surface area contributed by atoms with E-state index in [-0.39, 0.29) is 30.9 Å². The fourth-order valence-electron chi connectivity index (χ4n) is 3.26. The van der Waals surface area contributed by atoms with Gasteiger partial charge in [0.2, 0.25) is 5.91 Å². The van der Waals surface area contributed by atoms with Crippen LogP contribution in [0.5, 0.6) is 5.75 Å². The molecule has 1 aromatic rings. The fourth-order valence-corrected chi connectivity index (χ4v) is 3.26. The number of piperidine rings is 1. The highest BCUT2D eigenvalue weighted by Gasteiger charge is 2.28. The summed E-state index contributed by atoms with van der Waals surface area (Å²) >= 11 is 0. The van der Waals surface area contributed by atoms with Crippen molar-refractivity contribution in [1.82, 2.24) is 9.80 Å². The van der Waals surface area contributed by atoms with Gasteiger partial charge in [-0.15, -0.1) is 0 Å². The molecule has 7 heteroatoms. The lowest BCUT2D eigenvalue weighted by atomic mass is 9.97. The Kier molecular flexibility index (Phi) is 7.84. The number of carbonyl (C=O) groups is 3. The van der Waals surface area contributed by atoms with Crippen molar-refractivity contribution in [3.8, 4) is 5.75 Å². The van der Waals surface area contributed by atoms with E-state index < -0.39 is 5.97 Å². The van der Waals surface area contributed by atoms with Crippen LogP contribution in [0.1, 0.15) is 44.6 Å². The van der Waals surface area contributed by atoms with Crippen LogP contribution in [0.25, 0.3) is 0 Å². The molecule has 1 aliphatic heterocycles. The van der Waals surface area contributed by atoms with Gasteiger partial charge in [0, 0.05) is 20.1 Å². The number of amides is 2. The van der Waals surface area contributed by atoms with Crippen LogP contribution in [-0.4, -0.2) is 66.0 Å². The molecular weight excluding hydrogens is 360 g/mol. The maximum absolute atomic E-state index is 12.4. The van der Waals surface area contributed by atoms with E-state index in [9.17, 15) is 14.4 Å². The molecule has 1 aromatic carbocycles. The fraction of sp³-hybridized carbons (Fsp3) is 0.571. The van der Waals surface area contributed by atoms with Crippen molar-refractivity contribution < 1.29 is 24.2 Å². The minimum Gasteiger partial charge on any atom is -0.483 e. The van der Waals surface area contributed by atoms with E-state index >= 15 is 0 Å². The number of aliphatic carboxylic acids is 1. The van der Waals surface area contributed by atoms with Crippen LogP contribution in [0.2, 0.25) is 0 Å². The van der Waals surface area contributed by atoms with E-state index in [4.69, 9.17) is 9.84 Å². The van der Waals surface area contributed by atoms with Gasteiger partial charge in [-0.2, -0.15) is 0 Å². The van der Waals surface area contributed by atoms with Crippen molar-refractivity contribution in [3.63, 3.8) is 0 Å². The smallest absolute Gasteiger partial charge is 0.306 e. The molecule has 0 saturated carbocycles. The number of nitrogens with zero attached hydrogens (tertiary/aromatic N) is 2. The number of ether oxygens (including phenoxy) is 1. The lowest BCUT2D eigenvalue weighted by Gasteiger charge is -2.31. The van der Waals surface area contributed by atoms with E-state index in [0.717, 1.165) is 12.0 Å². The molecule has 2 rings (SSSR count). The Balaban J connectivity index is 1.83. The average molecular weight is 390 g/mol. The Bertz CT molecular complexity index is 698. The number of carbonyl (C=O) groups excluding carboxylic acids is 2. The maximum Gasteiger partial charge on any atom is 0.306 e. The van der Waals surface area contributed by atoms with Crippen LogP contribution in [0, 0.1) is 5.92 Å². The van der Waals surface area contributed by atoms with Crippen molar-refractivity contribution in [1.29, 1.82) is 0 Å². The SMILES string of the molecule is CCC(C)c1ccccc1OCC(=O)N(C)CC(=O)N1CCC(C(=O)O)CC1. The molecule has 2 amide bonds. The molecule has 1 fully saturated rings. The predicted molar refractivity (Wildman–Crippen MR) is 105 cm³/mol. The largest absolute Gasteiger partial charge is 0.483 e. The summed E-state index contributed by atoms with van der Waals surface area (Å²) in [6, 6.07) is 7.68. The molecule has 1 saturated heterocycles. The molecule has 7 nitrogen and oxygen atoms in total. The third kappa shape index (κ3) is 5.71. The van der Waals surface area contributed by atoms with E-state index in [1.165, 1.54) is 4.90 Å². The Hall–Kier alpha value is -2.57. The van der Waals surface area contributed by atoms with Crippen LogP contribution in [-0.2, 0) is 14.4 Å². The number of likely N-dealkylation sites (tertiary alicyclic amines) is 1. The first-order valence-corrected chi connectivity index (χ1v) is 9.79. The summed E-state index contributed by atoms with van der Waals surface area (Å²) in [5, 5.41) is 9.03. The Morgan fingerprint density at radius 2 is 1.89 bits per heavy atom. The van der Waals surface area contributed by atoms with Gasteiger partial charge in [-0.05, 0) is 36.8 Å². The monoisotopic (exact) mass is 390 g/mol. The first kappa shape index (κ1) is 21.7. The molecule has 1 N–H and O–H groups in total. The van der Waals surface area contributed by atoms with Gasteiger partial charge in [0.05, 0.1) is 12.5 Å². The zero-order chi connectivity index (χ0) is 20.7. The predicted octanol–water partition coefficient (Wildman–Crippen LogP) is 2.36. The second kappa shape index (κ2) is 10.1. The number of hydrogen-bond donors (Lipinski definition) is 1. The molecule has 0 aliphatic carbocycles. The summed E-state index contributed by atoms with van der Waals surface area (Å²) in [6.45, 7) is 4.88. The average Bonchev–Trinajstić information content (AvgIpc) is 2.71. The number of likely N-dealkylation sites (N-methyl/N-ethyl adjacent to an activating group) is 1. The quantitative estimate of drug-likeness (QED) is 0.736. The van der Waals surface area contributed by atoms with Crippen LogP contribution >= 0.6 is 0 Å². The summed E-state index contributed by atoms with van der Waals surface area (Å²) in [6.07, 6.45) is 1.88. The topological polar surface area (TPSA) is 87.2 Å². The van der Waals surface area contributed by atoms with Gasteiger partial charge in [-0.3, -0.25) is 14.4 Å². The molecule has 0 aromatic heterocycles. The summed E-state index contributed by atoms with van der Waals surface area (Å²) in [4.78, 5) is 38.8. The molecule has 1 heterocycles. The lowest BCUT2D eigenvalue weighted by molar-refractivity contribution is -0.146. The summed E-state index contributed by atoms with van der Waals surface area (Å²) in [5.74, 6) is -0.607. The third-order valence-electron chi connectivity index (χ3n) is 5.41. The Labute approximate surface area is 166 Å². The van der Waals surface area contributed by atoms with E-state index in [2.05, 4.69) is 13.8 Å². The van der Waals surface area contributed by atoms with Crippen molar-refractivity contribution in [2.24, 2.45) is 5.92 Å². The second-order valence-corrected chi connectivity index (χ2v) is 7.38. The molecular formula is C21H30N2O5. The van der Waals surface area contributed by atoms with Crippen LogP contribution in [0.15, 0.2) is 24.3 Å². The van der Waals surface area contributed by atoms with E-state index in [1.807, 2.05) is 24.3 Å². The highest BCUT2D eigenvalue weighted by molar-refractivity contribution is 5.85. The highest BCUT2D eigenvalue weighted by atomic mass is 16.5. The second-order valence-electron chi connectivity index (χ2n) is 7.38. The molecule has 1 aliphatic rings. The first-order valence-electron chi connectivity index (χ1n) is 9.79. The number of para-hydroxylation sites is 1. The minimum atomic E-state index is -0.811. The lowest BCUT2D eigenvalue weighted by Crippen LogP contribution is -2.46. The number of carboxylic acids is 1. The Morgan fingerprint density at radius 3 is 2.50 bits per heavy atom. The molecule has 28 heavy (non-hydrogen) atoms. The van der Waals surface area contributed by atoms with Gasteiger partial charge in [0.1, 0.15) is 5.75 Å². The van der Waals surface area contributed by atoms with Crippen molar-refractivity contribution >= 4 is 17.8 Å². The van der Waals surface area contributed by atoms with Crippen molar-refractivity contribution in [3.05, 3.63) is 29.8 Å². The van der Waals surface area contributed by atoms with Crippen LogP contribution in [0.4, 0.5) is 0 Å². The van der Waals surface area contributed by atoms with Gasteiger partial charge in [0.25, 0.3) is 5.91 Å². The zero-order valence-corrected chi connectivity index (χ0v) is 16.9. The molecule has 0 spiro atoms. The summed E-state index contributed by atoms with van der Waals surface area (Å²) in [7, 11) is 1.58. The first-order chi connectivity index (χ1) is 13.3. The van der Waals surface area contributed by atoms with Gasteiger partial charge >= 0.3 is 5.97 Å². The number of carboxylic acid groups (broad SMARTS) is 1. The number of benzene rings is 1. The molecule has 154 valence electrons.